The monoisotopic (exact) mass is 867 g/mol. The van der Waals surface area contributed by atoms with E-state index >= 15 is 0 Å². The Balaban J connectivity index is 0.000000147. The Morgan fingerprint density at radius 3 is 1.46 bits per heavy atom. The summed E-state index contributed by atoms with van der Waals surface area (Å²) in [5.74, 6) is 3.18. The highest BCUT2D eigenvalue weighted by atomic mass is 16.5. The number of rotatable bonds is 3. The van der Waals surface area contributed by atoms with Crippen molar-refractivity contribution in [1.82, 2.24) is 0 Å². The van der Waals surface area contributed by atoms with Crippen molar-refractivity contribution in [3.8, 4) is 0 Å². The molecule has 10 aliphatic carbocycles. The fourth-order valence-electron chi connectivity index (χ4n) is 16.1. The predicted octanol–water partition coefficient (Wildman–Crippen LogP) is 12.1. The number of ketones is 2. The van der Waals surface area contributed by atoms with Gasteiger partial charge in [0.2, 0.25) is 0 Å². The number of allylic oxidation sites excluding steroid dienone is 6. The molecule has 63 heavy (non-hydrogen) atoms. The number of carboxylic acid groups (broad SMARTS) is 1. The molecule has 6 saturated carbocycles. The molecule has 0 aromatic rings. The highest BCUT2D eigenvalue weighted by Crippen LogP contribution is 2.72. The van der Waals surface area contributed by atoms with Crippen molar-refractivity contribution in [2.24, 2.45) is 91.7 Å². The lowest BCUT2D eigenvalue weighted by Gasteiger charge is -2.41. The molecular formula is C56H82O7. The highest BCUT2D eigenvalue weighted by molar-refractivity contribution is 5.94. The van der Waals surface area contributed by atoms with Gasteiger partial charge in [0.1, 0.15) is 6.10 Å². The molecule has 0 saturated heterocycles. The normalized spacial score (nSPS) is 44.0. The fourth-order valence-corrected chi connectivity index (χ4v) is 16.1. The third-order valence-electron chi connectivity index (χ3n) is 20.3. The van der Waals surface area contributed by atoms with Gasteiger partial charge in [-0.05, 0) is 150 Å². The zero-order valence-electron chi connectivity index (χ0n) is 41.1. The summed E-state index contributed by atoms with van der Waals surface area (Å²) in [5.41, 5.74) is 3.58. The molecule has 0 unspecified atom stereocenters. The summed E-state index contributed by atoms with van der Waals surface area (Å²) in [6.07, 6.45) is 22.6. The number of aliphatic carboxylic acids is 1. The van der Waals surface area contributed by atoms with Crippen LogP contribution >= 0.6 is 0 Å². The molecule has 0 aliphatic heterocycles. The van der Waals surface area contributed by atoms with E-state index < -0.39 is 28.3 Å². The molecule has 7 heteroatoms. The first kappa shape index (κ1) is 46.7. The summed E-state index contributed by atoms with van der Waals surface area (Å²) >= 11 is 0. The average Bonchev–Trinajstić information content (AvgIpc) is 3.93. The molecule has 4 bridgehead atoms. The number of carboxylic acids is 1. The van der Waals surface area contributed by atoms with Crippen LogP contribution < -0.4 is 0 Å². The topological polar surface area (TPSA) is 118 Å². The number of esters is 1. The summed E-state index contributed by atoms with van der Waals surface area (Å²) in [6.45, 7) is 26.2. The second kappa shape index (κ2) is 15.9. The Kier molecular flexibility index (Phi) is 11.8. The summed E-state index contributed by atoms with van der Waals surface area (Å²) in [6, 6.07) is 0. The number of carbonyl (C=O) groups excluding carboxylic acids is 3. The van der Waals surface area contributed by atoms with Crippen molar-refractivity contribution >= 4 is 23.5 Å². The zero-order valence-corrected chi connectivity index (χ0v) is 41.1. The Bertz CT molecular complexity index is 2020. The van der Waals surface area contributed by atoms with Crippen LogP contribution in [0.2, 0.25) is 0 Å². The number of Topliss-reactive ketones (excluding diaryl/α,β-unsaturated/α-hetero) is 2. The summed E-state index contributed by atoms with van der Waals surface area (Å²) in [5, 5.41) is 19.5. The molecule has 348 valence electrons. The van der Waals surface area contributed by atoms with Gasteiger partial charge in [-0.25, -0.2) is 0 Å². The van der Waals surface area contributed by atoms with Crippen molar-refractivity contribution in [3.05, 3.63) is 46.6 Å². The summed E-state index contributed by atoms with van der Waals surface area (Å²) < 4.78 is 6.36. The number of carbonyl (C=O) groups is 4. The van der Waals surface area contributed by atoms with Crippen LogP contribution in [0.15, 0.2) is 46.6 Å². The summed E-state index contributed by atoms with van der Waals surface area (Å²) in [7, 11) is 0. The van der Waals surface area contributed by atoms with Crippen LogP contribution in [0, 0.1) is 91.7 Å². The van der Waals surface area contributed by atoms with Gasteiger partial charge in [0.05, 0.1) is 27.8 Å². The van der Waals surface area contributed by atoms with Crippen LogP contribution in [0.25, 0.3) is 0 Å². The van der Waals surface area contributed by atoms with Crippen molar-refractivity contribution in [3.63, 3.8) is 0 Å². The minimum atomic E-state index is -0.618. The van der Waals surface area contributed by atoms with Crippen molar-refractivity contribution in [2.45, 2.75) is 185 Å². The Morgan fingerprint density at radius 2 is 1.02 bits per heavy atom. The molecule has 2 spiro atoms. The lowest BCUT2D eigenvalue weighted by molar-refractivity contribution is -0.166. The predicted molar refractivity (Wildman–Crippen MR) is 248 cm³/mol. The minimum absolute atomic E-state index is 0.0179. The SMILES string of the molecule is CC1(C(=O)O)CCCCC1.CC1=C[C@@H]2C(=O)[C@]3(C=C(C)[C@@H](O)[C@H]3C1)[C@H](C)C[C@@H]1[C@H]2C1(C)C.CC1=C[C@@H]2C(=O)[C@]3(C=C(C)[C@H](OC(=O)C4(C)CCCCC4)[C@H]3C1)[C@H](C)C[C@@H]1[C@H]2C1(C)C. The molecule has 14 atom stereocenters. The van der Waals surface area contributed by atoms with E-state index in [0.717, 1.165) is 88.2 Å². The first-order valence-corrected chi connectivity index (χ1v) is 25.3. The lowest BCUT2D eigenvalue weighted by Crippen LogP contribution is -2.46. The molecule has 0 heterocycles. The zero-order chi connectivity index (χ0) is 46.0. The van der Waals surface area contributed by atoms with E-state index in [-0.39, 0.29) is 52.5 Å². The molecule has 0 aromatic carbocycles. The third-order valence-corrected chi connectivity index (χ3v) is 20.3. The van der Waals surface area contributed by atoms with E-state index in [0.29, 0.717) is 46.6 Å². The Labute approximate surface area is 379 Å². The number of fused-ring (bicyclic) bond motifs is 6. The van der Waals surface area contributed by atoms with E-state index in [1.807, 2.05) is 13.8 Å². The molecule has 0 aromatic heterocycles. The van der Waals surface area contributed by atoms with Gasteiger partial charge in [0.15, 0.2) is 11.6 Å². The van der Waals surface area contributed by atoms with Crippen LogP contribution in [0.3, 0.4) is 0 Å². The molecule has 0 radical (unpaired) electrons. The maximum absolute atomic E-state index is 14.2. The van der Waals surface area contributed by atoms with E-state index in [1.54, 1.807) is 0 Å². The average molecular weight is 867 g/mol. The van der Waals surface area contributed by atoms with Crippen molar-refractivity contribution in [2.75, 3.05) is 0 Å². The maximum Gasteiger partial charge on any atom is 0.312 e. The van der Waals surface area contributed by atoms with Crippen LogP contribution in [0.4, 0.5) is 0 Å². The number of hydrogen-bond donors (Lipinski definition) is 2. The number of hydrogen-bond acceptors (Lipinski definition) is 6. The van der Waals surface area contributed by atoms with Gasteiger partial charge < -0.3 is 14.9 Å². The second-order valence-corrected chi connectivity index (χ2v) is 25.1. The van der Waals surface area contributed by atoms with Gasteiger partial charge >= 0.3 is 11.9 Å². The second-order valence-electron chi connectivity index (χ2n) is 25.1. The summed E-state index contributed by atoms with van der Waals surface area (Å²) in [4.78, 5) is 51.9. The highest BCUT2D eigenvalue weighted by Gasteiger charge is 2.71. The molecule has 7 nitrogen and oxygen atoms in total. The molecule has 10 aliphatic rings. The number of aliphatic hydroxyl groups excluding tert-OH is 1. The van der Waals surface area contributed by atoms with E-state index in [9.17, 15) is 24.3 Å². The van der Waals surface area contributed by atoms with Crippen molar-refractivity contribution in [1.29, 1.82) is 0 Å². The van der Waals surface area contributed by atoms with E-state index in [1.165, 1.54) is 24.0 Å². The quantitative estimate of drug-likeness (QED) is 0.214. The Hall–Kier alpha value is -2.80. The van der Waals surface area contributed by atoms with Crippen LogP contribution in [-0.2, 0) is 23.9 Å². The molecule has 10 rings (SSSR count). The number of ether oxygens (including phenoxy) is 1. The molecule has 0 amide bonds. The third kappa shape index (κ3) is 7.27. The van der Waals surface area contributed by atoms with Crippen LogP contribution in [-0.4, -0.2) is 45.9 Å². The minimum Gasteiger partial charge on any atom is -0.481 e. The van der Waals surface area contributed by atoms with Gasteiger partial charge in [-0.3, -0.25) is 19.2 Å². The van der Waals surface area contributed by atoms with Crippen LogP contribution in [0.5, 0.6) is 0 Å². The van der Waals surface area contributed by atoms with Crippen LogP contribution in [0.1, 0.15) is 173 Å². The maximum atomic E-state index is 14.2. The van der Waals surface area contributed by atoms with Gasteiger partial charge in [-0.15, -0.1) is 0 Å². The van der Waals surface area contributed by atoms with Gasteiger partial charge in [-0.1, -0.05) is 116 Å². The lowest BCUT2D eigenvalue weighted by atomic mass is 9.62. The van der Waals surface area contributed by atoms with E-state index in [4.69, 9.17) is 9.84 Å². The van der Waals surface area contributed by atoms with E-state index in [2.05, 4.69) is 93.5 Å². The molecule has 6 fully saturated rings. The first-order valence-electron chi connectivity index (χ1n) is 25.3. The van der Waals surface area contributed by atoms with Crippen molar-refractivity contribution < 1.29 is 34.1 Å². The molecule has 2 N–H and O–H groups in total. The van der Waals surface area contributed by atoms with Gasteiger partial charge in [0.25, 0.3) is 0 Å². The fraction of sp³-hybridized carbons (Fsp3) is 0.786. The van der Waals surface area contributed by atoms with Gasteiger partial charge in [0, 0.05) is 23.7 Å². The Morgan fingerprint density at radius 1 is 0.603 bits per heavy atom. The first-order chi connectivity index (χ1) is 29.4. The standard InChI is InChI=1S/C28H40O3.C20H28O2.C8H14O2/c1-16-12-19-22-20(26(22,4)5)14-18(3)28(24(19)29)15-17(2)23(21(28)13-16)31-25(30)27(6)10-8-7-9-11-27;1-10-6-13-16-14(19(16,4)5)8-12(3)20(18(13)22)9-11(2)17(21)15(20)7-10;1-8(7(9)10)5-3-2-4-6-8/h12,15,18-23H,7-11,13-14H2,1-6H3;6,9,12-17,21H,7-8H2,1-5H3;2-6H2,1H3,(H,9,10)/t18-,19+,20-,21-,22+,23+,28-;12-,13+,14-,15-,16+,17-,20-;/m11./s1. The molecular weight excluding hydrogens is 785 g/mol. The number of aliphatic hydroxyl groups is 1. The smallest absolute Gasteiger partial charge is 0.312 e. The largest absolute Gasteiger partial charge is 0.481 e. The van der Waals surface area contributed by atoms with Gasteiger partial charge in [-0.2, -0.15) is 0 Å².